The lowest BCUT2D eigenvalue weighted by molar-refractivity contribution is -0.197. The third-order valence-electron chi connectivity index (χ3n) is 6.66. The average Bonchev–Trinajstić information content (AvgIpc) is 3.37. The van der Waals surface area contributed by atoms with Crippen molar-refractivity contribution in [1.29, 1.82) is 0 Å². The number of amides is 1. The predicted molar refractivity (Wildman–Crippen MR) is 97.9 cm³/mol. The number of alkyl halides is 3. The van der Waals surface area contributed by atoms with Crippen molar-refractivity contribution >= 4 is 22.8 Å². The predicted octanol–water partition coefficient (Wildman–Crippen LogP) is 3.68. The second-order valence-corrected chi connectivity index (χ2v) is 8.13. The Kier molecular flexibility index (Phi) is 3.85. The Balaban J connectivity index is 1.57. The highest BCUT2D eigenvalue weighted by molar-refractivity contribution is 5.89. The number of H-pyrrole nitrogens is 1. The molecule has 8 heteroatoms. The van der Waals surface area contributed by atoms with Gasteiger partial charge in [-0.25, -0.2) is 0 Å². The molecule has 29 heavy (non-hydrogen) atoms. The Hall–Kier alpha value is -2.77. The number of carbonyl (C=O) groups is 2. The van der Waals surface area contributed by atoms with Gasteiger partial charge in [0.15, 0.2) is 6.04 Å². The molecule has 0 unspecified atom stereocenters. The van der Waals surface area contributed by atoms with Crippen molar-refractivity contribution in [3.63, 3.8) is 0 Å². The van der Waals surface area contributed by atoms with Crippen LogP contribution in [-0.2, 0) is 16.0 Å². The zero-order chi connectivity index (χ0) is 20.5. The first-order chi connectivity index (χ1) is 13.8. The van der Waals surface area contributed by atoms with Gasteiger partial charge in [0.1, 0.15) is 0 Å². The van der Waals surface area contributed by atoms with Gasteiger partial charge in [0.25, 0.3) is 0 Å². The molecule has 3 aliphatic rings. The summed E-state index contributed by atoms with van der Waals surface area (Å²) in [6, 6.07) is 4.92. The molecule has 1 saturated carbocycles. The molecular weight excluding hydrogens is 385 g/mol. The second kappa shape index (κ2) is 6.11. The zero-order valence-electron chi connectivity index (χ0n) is 15.3. The number of aromatic amines is 1. The Bertz CT molecular complexity index is 1040. The van der Waals surface area contributed by atoms with Crippen LogP contribution in [0.4, 0.5) is 13.2 Å². The summed E-state index contributed by atoms with van der Waals surface area (Å²) in [5.41, 5.74) is 1.17. The van der Waals surface area contributed by atoms with E-state index >= 15 is 0 Å². The van der Waals surface area contributed by atoms with E-state index in [9.17, 15) is 27.9 Å². The molecule has 2 aromatic rings. The highest BCUT2D eigenvalue weighted by Crippen LogP contribution is 2.51. The Morgan fingerprint density at radius 1 is 1.10 bits per heavy atom. The summed E-state index contributed by atoms with van der Waals surface area (Å²) >= 11 is 0. The number of aliphatic carboxylic acids is 1. The minimum absolute atomic E-state index is 0.0103. The van der Waals surface area contributed by atoms with Gasteiger partial charge in [0.2, 0.25) is 5.91 Å². The van der Waals surface area contributed by atoms with Gasteiger partial charge in [-0.3, -0.25) is 9.59 Å². The van der Waals surface area contributed by atoms with E-state index in [1.165, 1.54) is 0 Å². The van der Waals surface area contributed by atoms with Crippen LogP contribution in [0.25, 0.3) is 10.9 Å². The first kappa shape index (κ1) is 18.3. The molecule has 0 radical (unpaired) electrons. The average molecular weight is 404 g/mol. The lowest BCUT2D eigenvalue weighted by Crippen LogP contribution is -2.51. The molecule has 5 atom stereocenters. The van der Waals surface area contributed by atoms with E-state index in [2.05, 4.69) is 4.98 Å². The number of fused-ring (bicyclic) bond motifs is 5. The van der Waals surface area contributed by atoms with E-state index < -0.39 is 35.9 Å². The molecule has 1 amide bonds. The van der Waals surface area contributed by atoms with E-state index in [0.717, 1.165) is 10.3 Å². The van der Waals surface area contributed by atoms with E-state index in [4.69, 9.17) is 0 Å². The van der Waals surface area contributed by atoms with Crippen molar-refractivity contribution in [2.24, 2.45) is 23.7 Å². The van der Waals surface area contributed by atoms with Crippen LogP contribution in [0.1, 0.15) is 23.7 Å². The molecule has 1 aromatic carbocycles. The fourth-order valence-electron chi connectivity index (χ4n) is 5.51. The molecule has 2 aliphatic carbocycles. The summed E-state index contributed by atoms with van der Waals surface area (Å²) < 4.78 is 42.4. The van der Waals surface area contributed by atoms with Crippen LogP contribution in [0.2, 0.25) is 0 Å². The minimum Gasteiger partial charge on any atom is -0.481 e. The summed E-state index contributed by atoms with van der Waals surface area (Å²) in [6.45, 7) is -0.0815. The molecular formula is C21H19F3N2O3. The fraction of sp³-hybridized carbons (Fsp3) is 0.429. The van der Waals surface area contributed by atoms with Gasteiger partial charge in [-0.15, -0.1) is 0 Å². The number of carboxylic acid groups (broad SMARTS) is 1. The first-order valence-electron chi connectivity index (χ1n) is 9.65. The number of allylic oxidation sites excluding steroid dienone is 2. The van der Waals surface area contributed by atoms with Gasteiger partial charge >= 0.3 is 12.1 Å². The largest absolute Gasteiger partial charge is 0.481 e. The molecule has 152 valence electrons. The molecule has 1 aromatic heterocycles. The number of nitrogens with zero attached hydrogens (tertiary/aromatic N) is 1. The molecule has 2 N–H and O–H groups in total. The maximum atomic E-state index is 14.1. The number of aromatic nitrogens is 1. The number of hydrogen-bond donors (Lipinski definition) is 2. The number of nitrogens with one attached hydrogen (secondary N) is 1. The lowest BCUT2D eigenvalue weighted by Gasteiger charge is -2.39. The highest BCUT2D eigenvalue weighted by atomic mass is 19.4. The van der Waals surface area contributed by atoms with Gasteiger partial charge in [0.05, 0.1) is 17.5 Å². The van der Waals surface area contributed by atoms with Crippen molar-refractivity contribution in [2.45, 2.75) is 25.1 Å². The molecule has 2 heterocycles. The van der Waals surface area contributed by atoms with E-state index in [1.54, 1.807) is 36.4 Å². The van der Waals surface area contributed by atoms with Crippen LogP contribution < -0.4 is 0 Å². The molecule has 5 nitrogen and oxygen atoms in total. The SMILES string of the molecule is O=C(O)[C@H]1[C@@H](C(=O)N2CCc3c([nH]c4ccccc34)[C@H]2C(F)(F)F)[C@H]2C=C[C@H]1C2. The maximum absolute atomic E-state index is 14.1. The number of halogens is 3. The van der Waals surface area contributed by atoms with Crippen LogP contribution in [0.5, 0.6) is 0 Å². The Morgan fingerprint density at radius 3 is 2.48 bits per heavy atom. The van der Waals surface area contributed by atoms with Crippen LogP contribution in [-0.4, -0.2) is 39.6 Å². The van der Waals surface area contributed by atoms with Crippen LogP contribution in [0.3, 0.4) is 0 Å². The minimum atomic E-state index is -4.67. The molecule has 1 fully saturated rings. The topological polar surface area (TPSA) is 73.4 Å². The van der Waals surface area contributed by atoms with Crippen molar-refractivity contribution in [3.8, 4) is 0 Å². The summed E-state index contributed by atoms with van der Waals surface area (Å²) in [5.74, 6) is -4.34. The smallest absolute Gasteiger partial charge is 0.414 e. The first-order valence-corrected chi connectivity index (χ1v) is 9.65. The summed E-state index contributed by atoms with van der Waals surface area (Å²) in [5, 5.41) is 10.3. The van der Waals surface area contributed by atoms with Crippen molar-refractivity contribution in [1.82, 2.24) is 9.88 Å². The molecule has 5 rings (SSSR count). The van der Waals surface area contributed by atoms with Gasteiger partial charge in [-0.2, -0.15) is 13.2 Å². The third-order valence-corrected chi connectivity index (χ3v) is 6.66. The van der Waals surface area contributed by atoms with Gasteiger partial charge in [-0.1, -0.05) is 30.4 Å². The van der Waals surface area contributed by atoms with Gasteiger partial charge in [-0.05, 0) is 36.3 Å². The van der Waals surface area contributed by atoms with Crippen LogP contribution in [0.15, 0.2) is 36.4 Å². The maximum Gasteiger partial charge on any atom is 0.414 e. The number of rotatable bonds is 2. The summed E-state index contributed by atoms with van der Waals surface area (Å²) in [4.78, 5) is 28.8. The number of carboxylic acids is 1. The molecule has 2 bridgehead atoms. The third kappa shape index (κ3) is 2.61. The van der Waals surface area contributed by atoms with Gasteiger partial charge < -0.3 is 15.0 Å². The number of hydrogen-bond acceptors (Lipinski definition) is 2. The van der Waals surface area contributed by atoms with E-state index in [1.807, 2.05) is 0 Å². The standard InChI is InChI=1S/C21H19F3N2O3/c22-21(23,24)18-17-13(12-3-1-2-4-14(12)25-17)7-8-26(18)19(27)15-10-5-6-11(9-10)16(15)20(28)29/h1-6,10-11,15-16,18,25H,7-9H2,(H,28,29)/t10-,11-,15-,16+,18-/m0/s1. The van der Waals surface area contributed by atoms with Crippen molar-refractivity contribution in [2.75, 3.05) is 6.54 Å². The highest BCUT2D eigenvalue weighted by Gasteiger charge is 2.57. The Labute approximate surface area is 164 Å². The number of carbonyl (C=O) groups excluding carboxylic acids is 1. The van der Waals surface area contributed by atoms with Crippen molar-refractivity contribution < 1.29 is 27.9 Å². The van der Waals surface area contributed by atoms with E-state index in [-0.39, 0.29) is 24.1 Å². The molecule has 0 spiro atoms. The van der Waals surface area contributed by atoms with Crippen LogP contribution in [0, 0.1) is 23.7 Å². The summed E-state index contributed by atoms with van der Waals surface area (Å²) in [7, 11) is 0. The fourth-order valence-corrected chi connectivity index (χ4v) is 5.51. The Morgan fingerprint density at radius 2 is 1.79 bits per heavy atom. The molecule has 1 aliphatic heterocycles. The quantitative estimate of drug-likeness (QED) is 0.750. The van der Waals surface area contributed by atoms with Crippen LogP contribution >= 0.6 is 0 Å². The monoisotopic (exact) mass is 404 g/mol. The normalized spacial score (nSPS) is 30.7. The number of benzene rings is 1. The van der Waals surface area contributed by atoms with Crippen molar-refractivity contribution in [3.05, 3.63) is 47.7 Å². The van der Waals surface area contributed by atoms with E-state index in [0.29, 0.717) is 23.9 Å². The summed E-state index contributed by atoms with van der Waals surface area (Å²) in [6.07, 6.45) is -0.298. The zero-order valence-corrected chi connectivity index (χ0v) is 15.3. The second-order valence-electron chi connectivity index (χ2n) is 8.13. The lowest BCUT2D eigenvalue weighted by atomic mass is 9.81. The molecule has 0 saturated heterocycles. The van der Waals surface area contributed by atoms with Gasteiger partial charge in [0, 0.05) is 17.4 Å². The number of para-hydroxylation sites is 1.